The molecule has 0 saturated carbocycles. The van der Waals surface area contributed by atoms with Crippen molar-refractivity contribution in [1.29, 1.82) is 0 Å². The molecule has 0 amide bonds. The van der Waals surface area contributed by atoms with Gasteiger partial charge in [-0.2, -0.15) is 4.39 Å². The number of halogens is 1. The van der Waals surface area contributed by atoms with E-state index in [1.165, 1.54) is 6.07 Å². The summed E-state index contributed by atoms with van der Waals surface area (Å²) >= 11 is 0. The largest absolute Gasteiger partial charge is 0.338 e. The van der Waals surface area contributed by atoms with E-state index in [1.807, 2.05) is 24.3 Å². The first-order chi connectivity index (χ1) is 9.15. The lowest BCUT2D eigenvalue weighted by molar-refractivity contribution is -0.387. The van der Waals surface area contributed by atoms with Crippen molar-refractivity contribution in [3.63, 3.8) is 0 Å². The lowest BCUT2D eigenvalue weighted by Gasteiger charge is -1.98. The minimum atomic E-state index is -0.872. The van der Waals surface area contributed by atoms with Crippen molar-refractivity contribution in [2.24, 2.45) is 0 Å². The highest BCUT2D eigenvalue weighted by atomic mass is 19.1. The summed E-state index contributed by atoms with van der Waals surface area (Å²) in [6.45, 7) is 0. The van der Waals surface area contributed by atoms with Crippen molar-refractivity contribution in [3.8, 4) is 11.4 Å². The van der Waals surface area contributed by atoms with Gasteiger partial charge in [0.1, 0.15) is 5.82 Å². The number of para-hydroxylation sites is 2. The summed E-state index contributed by atoms with van der Waals surface area (Å²) < 4.78 is 13.6. The zero-order valence-electron chi connectivity index (χ0n) is 9.63. The summed E-state index contributed by atoms with van der Waals surface area (Å²) in [7, 11) is 0. The summed E-state index contributed by atoms with van der Waals surface area (Å²) in [6.07, 6.45) is 0. The summed E-state index contributed by atoms with van der Waals surface area (Å²) in [5.74, 6) is -0.391. The fourth-order valence-electron chi connectivity index (χ4n) is 1.89. The molecule has 0 aliphatic heterocycles. The molecular weight excluding hydrogens is 249 g/mol. The van der Waals surface area contributed by atoms with E-state index in [-0.39, 0.29) is 0 Å². The number of rotatable bonds is 2. The number of hydrogen-bond acceptors (Lipinski definition) is 3. The van der Waals surface area contributed by atoms with Gasteiger partial charge in [0.2, 0.25) is 5.82 Å². The van der Waals surface area contributed by atoms with Crippen LogP contribution in [0.15, 0.2) is 42.5 Å². The number of aromatic nitrogens is 2. The molecule has 0 radical (unpaired) electrons. The number of nitro benzene ring substituents is 1. The third-order valence-electron chi connectivity index (χ3n) is 2.81. The molecule has 2 aromatic carbocycles. The average molecular weight is 257 g/mol. The van der Waals surface area contributed by atoms with Gasteiger partial charge in [-0.05, 0) is 24.3 Å². The minimum absolute atomic E-state index is 0.472. The number of H-pyrrole nitrogens is 1. The number of benzene rings is 2. The molecule has 0 aliphatic rings. The molecule has 1 heterocycles. The summed E-state index contributed by atoms with van der Waals surface area (Å²) in [6, 6.07) is 11.1. The molecule has 3 rings (SSSR count). The Morgan fingerprint density at radius 2 is 2.00 bits per heavy atom. The van der Waals surface area contributed by atoms with Crippen molar-refractivity contribution < 1.29 is 9.31 Å². The molecule has 0 spiro atoms. The summed E-state index contributed by atoms with van der Waals surface area (Å²) in [4.78, 5) is 17.1. The molecule has 19 heavy (non-hydrogen) atoms. The number of fused-ring (bicyclic) bond motifs is 1. The lowest BCUT2D eigenvalue weighted by atomic mass is 10.2. The molecule has 0 saturated heterocycles. The van der Waals surface area contributed by atoms with Crippen LogP contribution in [-0.2, 0) is 0 Å². The summed E-state index contributed by atoms with van der Waals surface area (Å²) in [5.41, 5.74) is 1.52. The lowest BCUT2D eigenvalue weighted by Crippen LogP contribution is -1.93. The van der Waals surface area contributed by atoms with Crippen molar-refractivity contribution in [3.05, 3.63) is 58.4 Å². The zero-order chi connectivity index (χ0) is 13.4. The Kier molecular flexibility index (Phi) is 2.49. The molecule has 1 aromatic heterocycles. The second kappa shape index (κ2) is 4.16. The number of nitrogens with one attached hydrogen (secondary N) is 1. The van der Waals surface area contributed by atoms with Gasteiger partial charge in [0.05, 0.1) is 16.0 Å². The molecule has 0 bridgehead atoms. The van der Waals surface area contributed by atoms with Gasteiger partial charge < -0.3 is 4.98 Å². The average Bonchev–Trinajstić information content (AvgIpc) is 2.81. The highest BCUT2D eigenvalue weighted by molar-refractivity contribution is 5.79. The van der Waals surface area contributed by atoms with Gasteiger partial charge >= 0.3 is 5.69 Å². The predicted molar refractivity (Wildman–Crippen MR) is 68.1 cm³/mol. The highest BCUT2D eigenvalue weighted by Gasteiger charge is 2.15. The molecule has 3 aromatic rings. The Balaban J connectivity index is 2.11. The first kappa shape index (κ1) is 11.3. The molecule has 5 nitrogen and oxygen atoms in total. The molecule has 0 atom stereocenters. The number of aromatic amines is 1. The second-order valence-corrected chi connectivity index (χ2v) is 4.03. The van der Waals surface area contributed by atoms with Gasteiger partial charge in [0.25, 0.3) is 0 Å². The normalized spacial score (nSPS) is 10.8. The first-order valence-electron chi connectivity index (χ1n) is 5.54. The van der Waals surface area contributed by atoms with E-state index in [2.05, 4.69) is 9.97 Å². The van der Waals surface area contributed by atoms with Crippen molar-refractivity contribution >= 4 is 16.7 Å². The van der Waals surface area contributed by atoms with Crippen LogP contribution in [0, 0.1) is 15.9 Å². The van der Waals surface area contributed by atoms with Crippen LogP contribution in [0.2, 0.25) is 0 Å². The maximum Gasteiger partial charge on any atom is 0.304 e. The smallest absolute Gasteiger partial charge is 0.304 e. The van der Waals surface area contributed by atoms with E-state index in [9.17, 15) is 14.5 Å². The summed E-state index contributed by atoms with van der Waals surface area (Å²) in [5, 5.41) is 10.6. The van der Waals surface area contributed by atoms with Crippen LogP contribution < -0.4 is 0 Å². The molecule has 1 N–H and O–H groups in total. The SMILES string of the molecule is O=[N+]([O-])c1ccc(-c2nc3ccccc3[nH]2)cc1F. The Bertz CT molecular complexity index is 749. The van der Waals surface area contributed by atoms with Gasteiger partial charge in [-0.1, -0.05) is 12.1 Å². The highest BCUT2D eigenvalue weighted by Crippen LogP contribution is 2.25. The fraction of sp³-hybridized carbons (Fsp3) is 0. The number of hydrogen-bond donors (Lipinski definition) is 1. The predicted octanol–water partition coefficient (Wildman–Crippen LogP) is 3.28. The van der Waals surface area contributed by atoms with Gasteiger partial charge in [-0.3, -0.25) is 10.1 Å². The Morgan fingerprint density at radius 3 is 2.68 bits per heavy atom. The van der Waals surface area contributed by atoms with Gasteiger partial charge in [-0.25, -0.2) is 4.98 Å². The van der Waals surface area contributed by atoms with E-state index in [0.29, 0.717) is 11.4 Å². The standard InChI is InChI=1S/C13H8FN3O2/c14-9-7-8(5-6-12(9)17(18)19)13-15-10-3-1-2-4-11(10)16-13/h1-7H,(H,15,16). The quantitative estimate of drug-likeness (QED) is 0.565. The van der Waals surface area contributed by atoms with Crippen LogP contribution in [0.1, 0.15) is 0 Å². The van der Waals surface area contributed by atoms with Gasteiger partial charge in [0, 0.05) is 11.6 Å². The van der Waals surface area contributed by atoms with Crippen molar-refractivity contribution in [2.75, 3.05) is 0 Å². The van der Waals surface area contributed by atoms with Crippen molar-refractivity contribution in [2.45, 2.75) is 0 Å². The topological polar surface area (TPSA) is 71.8 Å². The molecule has 0 fully saturated rings. The second-order valence-electron chi connectivity index (χ2n) is 4.03. The van der Waals surface area contributed by atoms with Crippen LogP contribution in [0.4, 0.5) is 10.1 Å². The Hall–Kier alpha value is -2.76. The van der Waals surface area contributed by atoms with E-state index in [4.69, 9.17) is 0 Å². The molecule has 94 valence electrons. The third kappa shape index (κ3) is 1.93. The minimum Gasteiger partial charge on any atom is -0.338 e. The first-order valence-corrected chi connectivity index (χ1v) is 5.54. The Labute approximate surface area is 106 Å². The van der Waals surface area contributed by atoms with Gasteiger partial charge in [0.15, 0.2) is 0 Å². The Morgan fingerprint density at radius 1 is 1.21 bits per heavy atom. The zero-order valence-corrected chi connectivity index (χ0v) is 9.63. The van der Waals surface area contributed by atoms with Gasteiger partial charge in [-0.15, -0.1) is 0 Å². The maximum absolute atomic E-state index is 13.6. The van der Waals surface area contributed by atoms with E-state index in [1.54, 1.807) is 0 Å². The molecule has 0 aliphatic carbocycles. The maximum atomic E-state index is 13.6. The van der Waals surface area contributed by atoms with Crippen LogP contribution >= 0.6 is 0 Å². The van der Waals surface area contributed by atoms with Crippen LogP contribution in [0.5, 0.6) is 0 Å². The fourth-order valence-corrected chi connectivity index (χ4v) is 1.89. The number of nitro groups is 1. The number of nitrogens with zero attached hydrogens (tertiary/aromatic N) is 2. The van der Waals surface area contributed by atoms with Crippen LogP contribution in [0.3, 0.4) is 0 Å². The van der Waals surface area contributed by atoms with E-state index < -0.39 is 16.4 Å². The van der Waals surface area contributed by atoms with Crippen LogP contribution in [-0.4, -0.2) is 14.9 Å². The van der Waals surface area contributed by atoms with E-state index in [0.717, 1.165) is 23.2 Å². The third-order valence-corrected chi connectivity index (χ3v) is 2.81. The molecular formula is C13H8FN3O2. The van der Waals surface area contributed by atoms with Crippen molar-refractivity contribution in [1.82, 2.24) is 9.97 Å². The molecule has 6 heteroatoms. The monoisotopic (exact) mass is 257 g/mol. The van der Waals surface area contributed by atoms with Crippen LogP contribution in [0.25, 0.3) is 22.4 Å². The number of imidazole rings is 1. The molecule has 0 unspecified atom stereocenters. The van der Waals surface area contributed by atoms with E-state index >= 15 is 0 Å².